The van der Waals surface area contributed by atoms with Crippen LogP contribution in [0.25, 0.3) is 10.8 Å². The lowest BCUT2D eigenvalue weighted by Crippen LogP contribution is -2.65. The number of ether oxygens (including phenoxy) is 1. The van der Waals surface area contributed by atoms with Gasteiger partial charge in [0.05, 0.1) is 11.8 Å². The topological polar surface area (TPSA) is 154 Å². The number of carbonyl (C=O) groups excluding carboxylic acids is 4. The molecule has 4 atom stereocenters. The number of hydrogen-bond acceptors (Lipinski definition) is 9. The first-order chi connectivity index (χ1) is 24.6. The zero-order valence-electron chi connectivity index (χ0n) is 28.3. The van der Waals surface area contributed by atoms with Crippen LogP contribution in [0.15, 0.2) is 71.4 Å². The second-order valence-corrected chi connectivity index (χ2v) is 16.6. The second kappa shape index (κ2) is 14.7. The highest BCUT2D eigenvalue weighted by atomic mass is 32.2. The molecule has 0 bridgehead atoms. The van der Waals surface area contributed by atoms with Gasteiger partial charge in [0.15, 0.2) is 0 Å². The Bertz CT molecular complexity index is 1920. The minimum absolute atomic E-state index is 0.0234. The predicted molar refractivity (Wildman–Crippen MR) is 194 cm³/mol. The summed E-state index contributed by atoms with van der Waals surface area (Å²) in [5, 5.41) is 11.5. The Balaban J connectivity index is 1.14. The molecule has 2 aliphatic carbocycles. The fraction of sp³-hybridized carbons (Fsp3) is 0.459. The maximum absolute atomic E-state index is 14.4. The molecule has 3 N–H and O–H groups in total. The van der Waals surface area contributed by atoms with Gasteiger partial charge in [-0.05, 0) is 66.3 Å². The van der Waals surface area contributed by atoms with E-state index in [0.717, 1.165) is 47.7 Å². The average molecular weight is 734 g/mol. The van der Waals surface area contributed by atoms with Gasteiger partial charge in [0.2, 0.25) is 21.8 Å². The van der Waals surface area contributed by atoms with Gasteiger partial charge in [0.1, 0.15) is 24.2 Å². The summed E-state index contributed by atoms with van der Waals surface area (Å²) < 4.78 is 33.6. The predicted octanol–water partition coefficient (Wildman–Crippen LogP) is 4.54. The van der Waals surface area contributed by atoms with Crippen LogP contribution >= 0.6 is 11.3 Å². The number of piperazine rings is 1. The largest absolute Gasteiger partial charge is 0.445 e. The van der Waals surface area contributed by atoms with Crippen molar-refractivity contribution < 1.29 is 32.3 Å². The summed E-state index contributed by atoms with van der Waals surface area (Å²) in [7, 11) is -3.87. The lowest BCUT2D eigenvalue weighted by atomic mass is 10.0. The summed E-state index contributed by atoms with van der Waals surface area (Å²) in [4.78, 5) is 58.8. The average Bonchev–Trinajstić information content (AvgIpc) is 4.05. The zero-order valence-corrected chi connectivity index (χ0v) is 29.9. The standard InChI is InChI=1S/C37H43N5O7S2/c43-33-32-22-41(36(46)49-23-26-11-8-10-25-9-6-7-13-30(25)26)18-19-42(32)34(44)31(38-28-17-20-50-24-28)14-5-3-1-2-4-12-27-21-37(27,39-33)35(45)40-51(47,48)29-15-16-29/h4,6-13,17,20,24,27,29,31-32,38H,1-3,5,14-16,18-19,21-23H2,(H,39,43)(H,40,45)/b12-4+/t27?,31-,32-,37-/m0/s1. The van der Waals surface area contributed by atoms with E-state index in [0.29, 0.717) is 19.3 Å². The summed E-state index contributed by atoms with van der Waals surface area (Å²) in [6, 6.07) is 13.7. The molecule has 51 heavy (non-hydrogen) atoms. The molecule has 4 aliphatic rings. The van der Waals surface area contributed by atoms with Gasteiger partial charge in [-0.1, -0.05) is 67.5 Å². The van der Waals surface area contributed by atoms with Gasteiger partial charge >= 0.3 is 6.09 Å². The van der Waals surface area contributed by atoms with E-state index < -0.39 is 56.7 Å². The molecule has 1 saturated heterocycles. The Morgan fingerprint density at radius 1 is 1.00 bits per heavy atom. The lowest BCUT2D eigenvalue weighted by molar-refractivity contribution is -0.145. The number of anilines is 1. The Morgan fingerprint density at radius 2 is 1.82 bits per heavy atom. The first-order valence-electron chi connectivity index (χ1n) is 17.7. The highest BCUT2D eigenvalue weighted by Gasteiger charge is 2.62. The van der Waals surface area contributed by atoms with E-state index in [1.165, 1.54) is 21.1 Å². The Labute approximate surface area is 301 Å². The fourth-order valence-corrected chi connectivity index (χ4v) is 9.07. The number of nitrogens with zero attached hydrogens (tertiary/aromatic N) is 2. The molecule has 2 aliphatic heterocycles. The number of carbonyl (C=O) groups is 4. The molecule has 3 fully saturated rings. The van der Waals surface area contributed by atoms with Crippen molar-refractivity contribution in [3.8, 4) is 0 Å². The van der Waals surface area contributed by atoms with Gasteiger partial charge in [-0.3, -0.25) is 19.1 Å². The number of amides is 4. The Hall–Kier alpha value is -4.43. The normalized spacial score (nSPS) is 26.5. The van der Waals surface area contributed by atoms with Crippen LogP contribution in [0, 0.1) is 5.92 Å². The number of allylic oxidation sites excluding steroid dienone is 1. The number of sulfonamides is 1. The van der Waals surface area contributed by atoms with Crippen LogP contribution in [0.2, 0.25) is 0 Å². The lowest BCUT2D eigenvalue weighted by Gasteiger charge is -2.42. The molecule has 3 aromatic rings. The molecule has 270 valence electrons. The van der Waals surface area contributed by atoms with Gasteiger partial charge in [0.25, 0.3) is 5.91 Å². The Morgan fingerprint density at radius 3 is 2.63 bits per heavy atom. The third-order valence-electron chi connectivity index (χ3n) is 10.3. The van der Waals surface area contributed by atoms with E-state index in [2.05, 4.69) is 15.4 Å². The van der Waals surface area contributed by atoms with E-state index in [1.54, 1.807) is 0 Å². The minimum atomic E-state index is -3.87. The molecular weight excluding hydrogens is 691 g/mol. The number of fused-ring (bicyclic) bond motifs is 3. The number of hydrogen-bond donors (Lipinski definition) is 3. The molecular formula is C37H43N5O7S2. The van der Waals surface area contributed by atoms with E-state index in [4.69, 9.17) is 4.74 Å². The van der Waals surface area contributed by atoms with Crippen molar-refractivity contribution in [1.82, 2.24) is 19.8 Å². The van der Waals surface area contributed by atoms with Gasteiger partial charge in [0, 0.05) is 30.1 Å². The molecule has 1 unspecified atom stereocenters. The molecule has 0 radical (unpaired) electrons. The van der Waals surface area contributed by atoms with Crippen LogP contribution < -0.4 is 15.4 Å². The van der Waals surface area contributed by atoms with E-state index in [-0.39, 0.29) is 38.6 Å². The van der Waals surface area contributed by atoms with E-state index in [1.807, 2.05) is 71.4 Å². The third kappa shape index (κ3) is 7.76. The van der Waals surface area contributed by atoms with Gasteiger partial charge < -0.3 is 25.2 Å². The highest BCUT2D eigenvalue weighted by molar-refractivity contribution is 7.91. The third-order valence-corrected chi connectivity index (χ3v) is 12.8. The molecule has 4 amide bonds. The number of thiophene rings is 1. The quantitative estimate of drug-likeness (QED) is 0.300. The fourth-order valence-electron chi connectivity index (χ4n) is 7.11. The van der Waals surface area contributed by atoms with E-state index in [9.17, 15) is 27.6 Å². The highest BCUT2D eigenvalue weighted by Crippen LogP contribution is 2.46. The second-order valence-electron chi connectivity index (χ2n) is 13.9. The van der Waals surface area contributed by atoms with Crippen LogP contribution in [-0.4, -0.2) is 84.5 Å². The van der Waals surface area contributed by atoms with Crippen LogP contribution in [0.5, 0.6) is 0 Å². The molecule has 2 saturated carbocycles. The summed E-state index contributed by atoms with van der Waals surface area (Å²) in [6.07, 6.45) is 8.28. The van der Waals surface area contributed by atoms with Crippen LogP contribution in [0.1, 0.15) is 56.9 Å². The van der Waals surface area contributed by atoms with Gasteiger partial charge in [-0.15, -0.1) is 0 Å². The summed E-state index contributed by atoms with van der Waals surface area (Å²) >= 11 is 1.51. The summed E-state index contributed by atoms with van der Waals surface area (Å²) in [5.41, 5.74) is 0.158. The smallest absolute Gasteiger partial charge is 0.410 e. The first kappa shape index (κ1) is 35.0. The van der Waals surface area contributed by atoms with Crippen molar-refractivity contribution in [2.45, 2.75) is 80.8 Å². The molecule has 7 rings (SSSR count). The maximum atomic E-state index is 14.4. The van der Waals surface area contributed by atoms with Crippen LogP contribution in [-0.2, 0) is 35.8 Å². The van der Waals surface area contributed by atoms with E-state index >= 15 is 0 Å². The number of nitrogens with one attached hydrogen (secondary N) is 3. The van der Waals surface area contributed by atoms with Gasteiger partial charge in [-0.25, -0.2) is 13.2 Å². The Kier molecular flexibility index (Phi) is 10.1. The zero-order chi connectivity index (χ0) is 35.6. The maximum Gasteiger partial charge on any atom is 0.410 e. The molecule has 14 heteroatoms. The van der Waals surface area contributed by atoms with Crippen molar-refractivity contribution in [3.63, 3.8) is 0 Å². The monoisotopic (exact) mass is 733 g/mol. The van der Waals surface area contributed by atoms with Crippen molar-refractivity contribution >= 4 is 61.6 Å². The summed E-state index contributed by atoms with van der Waals surface area (Å²) in [6.45, 7) is 0.0810. The summed E-state index contributed by atoms with van der Waals surface area (Å²) in [5.74, 6) is -2.10. The number of benzene rings is 2. The SMILES string of the molecule is O=C1N[C@@]2(C(=O)NS(=O)(=O)C3CC3)CC2/C=C/CCCCC[C@H](Nc2ccsc2)C(=O)N2CCN(C(=O)OCc3cccc4ccccc34)C[C@@H]12. The van der Waals surface area contributed by atoms with Crippen molar-refractivity contribution in [2.75, 3.05) is 25.0 Å². The molecule has 12 nitrogen and oxygen atoms in total. The van der Waals surface area contributed by atoms with Crippen LogP contribution in [0.3, 0.4) is 0 Å². The van der Waals surface area contributed by atoms with Crippen LogP contribution in [0.4, 0.5) is 10.5 Å². The molecule has 0 spiro atoms. The van der Waals surface area contributed by atoms with Crippen molar-refractivity contribution in [1.29, 1.82) is 0 Å². The van der Waals surface area contributed by atoms with Crippen molar-refractivity contribution in [2.24, 2.45) is 5.92 Å². The van der Waals surface area contributed by atoms with Gasteiger partial charge in [-0.2, -0.15) is 11.3 Å². The first-order valence-corrected chi connectivity index (χ1v) is 20.2. The molecule has 1 aromatic heterocycles. The number of rotatable bonds is 7. The molecule has 2 aromatic carbocycles. The van der Waals surface area contributed by atoms with Crippen molar-refractivity contribution in [3.05, 3.63) is 77.0 Å². The molecule has 3 heterocycles. The minimum Gasteiger partial charge on any atom is -0.445 e.